The second-order valence-electron chi connectivity index (χ2n) is 2.73. The van der Waals surface area contributed by atoms with Crippen LogP contribution in [0.25, 0.3) is 0 Å². The number of sulfonamides is 1. The molecule has 0 amide bonds. The highest BCUT2D eigenvalue weighted by Gasteiger charge is 2.13. The number of hydrogen-bond acceptors (Lipinski definition) is 3. The Morgan fingerprint density at radius 2 is 2.29 bits per heavy atom. The third kappa shape index (κ3) is 3.39. The zero-order valence-electron chi connectivity index (χ0n) is 7.53. The smallest absolute Gasteiger partial charge is 0.243 e. The molecule has 0 saturated heterocycles. The third-order valence-electron chi connectivity index (χ3n) is 1.64. The van der Waals surface area contributed by atoms with Crippen LogP contribution in [0.3, 0.4) is 0 Å². The summed E-state index contributed by atoms with van der Waals surface area (Å²) >= 11 is 3.28. The zero-order chi connectivity index (χ0) is 10.4. The molecule has 5 nitrogen and oxygen atoms in total. The van der Waals surface area contributed by atoms with Gasteiger partial charge in [0, 0.05) is 18.1 Å². The zero-order valence-corrected chi connectivity index (χ0v) is 9.94. The summed E-state index contributed by atoms with van der Waals surface area (Å²) < 4.78 is 25.4. The number of aromatic amines is 1. The van der Waals surface area contributed by atoms with Crippen molar-refractivity contribution in [3.05, 3.63) is 12.4 Å². The van der Waals surface area contributed by atoms with Crippen molar-refractivity contribution in [2.24, 2.45) is 0 Å². The molecule has 1 heterocycles. The molecule has 0 bridgehead atoms. The summed E-state index contributed by atoms with van der Waals surface area (Å²) in [4.78, 5) is 0.177. The van der Waals surface area contributed by atoms with Crippen LogP contribution in [-0.4, -0.2) is 30.5 Å². The summed E-state index contributed by atoms with van der Waals surface area (Å²) in [5.74, 6) is 0. The lowest BCUT2D eigenvalue weighted by atomic mass is 10.3. The van der Waals surface area contributed by atoms with Crippen LogP contribution in [0, 0.1) is 0 Å². The lowest BCUT2D eigenvalue weighted by Crippen LogP contribution is -2.24. The van der Waals surface area contributed by atoms with Crippen molar-refractivity contribution in [2.45, 2.75) is 17.7 Å². The van der Waals surface area contributed by atoms with Crippen LogP contribution in [0.1, 0.15) is 12.8 Å². The number of H-pyrrole nitrogens is 1. The second-order valence-corrected chi connectivity index (χ2v) is 5.29. The average molecular weight is 282 g/mol. The van der Waals surface area contributed by atoms with Gasteiger partial charge in [-0.2, -0.15) is 5.10 Å². The Kier molecular flexibility index (Phi) is 4.56. The van der Waals surface area contributed by atoms with Crippen molar-refractivity contribution < 1.29 is 8.42 Å². The quantitative estimate of drug-likeness (QED) is 0.600. The Labute approximate surface area is 91.5 Å². The van der Waals surface area contributed by atoms with E-state index in [2.05, 4.69) is 30.8 Å². The van der Waals surface area contributed by atoms with Gasteiger partial charge in [0.25, 0.3) is 0 Å². The van der Waals surface area contributed by atoms with Gasteiger partial charge < -0.3 is 0 Å². The summed E-state index contributed by atoms with van der Waals surface area (Å²) in [5, 5.41) is 6.93. The molecule has 1 aromatic rings. The molecule has 0 aliphatic rings. The van der Waals surface area contributed by atoms with E-state index < -0.39 is 10.0 Å². The van der Waals surface area contributed by atoms with Crippen LogP contribution >= 0.6 is 15.9 Å². The second kappa shape index (κ2) is 5.47. The van der Waals surface area contributed by atoms with E-state index in [0.29, 0.717) is 6.54 Å². The number of unbranched alkanes of at least 4 members (excludes halogenated alkanes) is 1. The maximum absolute atomic E-state index is 11.5. The van der Waals surface area contributed by atoms with E-state index >= 15 is 0 Å². The summed E-state index contributed by atoms with van der Waals surface area (Å²) in [5.41, 5.74) is 0. The number of aromatic nitrogens is 2. The highest BCUT2D eigenvalue weighted by Crippen LogP contribution is 2.04. The van der Waals surface area contributed by atoms with Gasteiger partial charge in [-0.05, 0) is 12.8 Å². The Balaban J connectivity index is 2.44. The summed E-state index contributed by atoms with van der Waals surface area (Å²) in [7, 11) is -3.36. The molecule has 14 heavy (non-hydrogen) atoms. The van der Waals surface area contributed by atoms with Crippen LogP contribution in [0.4, 0.5) is 0 Å². The maximum Gasteiger partial charge on any atom is 0.243 e. The summed E-state index contributed by atoms with van der Waals surface area (Å²) in [6.45, 7) is 0.457. The fourth-order valence-electron chi connectivity index (χ4n) is 0.895. The first-order valence-corrected chi connectivity index (χ1v) is 6.81. The maximum atomic E-state index is 11.5. The van der Waals surface area contributed by atoms with E-state index in [-0.39, 0.29) is 4.90 Å². The highest BCUT2D eigenvalue weighted by atomic mass is 79.9. The predicted molar refractivity (Wildman–Crippen MR) is 56.8 cm³/mol. The molecule has 0 atom stereocenters. The number of nitrogens with one attached hydrogen (secondary N) is 2. The minimum absolute atomic E-state index is 0.177. The van der Waals surface area contributed by atoms with Crippen molar-refractivity contribution in [1.29, 1.82) is 0 Å². The van der Waals surface area contributed by atoms with Gasteiger partial charge in [0.15, 0.2) is 0 Å². The molecule has 0 aliphatic carbocycles. The van der Waals surface area contributed by atoms with Gasteiger partial charge in [-0.25, -0.2) is 13.1 Å². The number of rotatable bonds is 6. The molecule has 2 N–H and O–H groups in total. The number of nitrogens with zero attached hydrogens (tertiary/aromatic N) is 1. The van der Waals surface area contributed by atoms with Gasteiger partial charge in [0.2, 0.25) is 10.0 Å². The molecule has 0 aliphatic heterocycles. The first-order chi connectivity index (χ1) is 6.67. The monoisotopic (exact) mass is 281 g/mol. The number of alkyl halides is 1. The largest absolute Gasteiger partial charge is 0.284 e. The molecule has 80 valence electrons. The standard InChI is InChI=1S/C7H12BrN3O2S/c8-3-1-2-4-11-14(12,13)7-5-9-10-6-7/h5-6,11H,1-4H2,(H,9,10). The van der Waals surface area contributed by atoms with E-state index in [1.165, 1.54) is 12.4 Å². The lowest BCUT2D eigenvalue weighted by molar-refractivity contribution is 0.578. The molecule has 1 aromatic heterocycles. The molecule has 0 unspecified atom stereocenters. The van der Waals surface area contributed by atoms with Gasteiger partial charge >= 0.3 is 0 Å². The van der Waals surface area contributed by atoms with Crippen LogP contribution in [0.2, 0.25) is 0 Å². The topological polar surface area (TPSA) is 74.8 Å². The molecular formula is C7H12BrN3O2S. The molecule has 0 radical (unpaired) electrons. The van der Waals surface area contributed by atoms with Crippen LogP contribution in [0.15, 0.2) is 17.3 Å². The van der Waals surface area contributed by atoms with Gasteiger partial charge in [0.05, 0.1) is 6.20 Å². The number of hydrogen-bond donors (Lipinski definition) is 2. The number of halogens is 1. The summed E-state index contributed by atoms with van der Waals surface area (Å²) in [6, 6.07) is 0. The molecule has 0 aromatic carbocycles. The van der Waals surface area contributed by atoms with Crippen LogP contribution in [-0.2, 0) is 10.0 Å². The molecular weight excluding hydrogens is 270 g/mol. The third-order valence-corrected chi connectivity index (χ3v) is 3.62. The van der Waals surface area contributed by atoms with Crippen molar-refractivity contribution in [3.8, 4) is 0 Å². The Bertz CT molecular complexity index is 349. The molecule has 0 spiro atoms. The minimum atomic E-state index is -3.36. The van der Waals surface area contributed by atoms with E-state index in [1.54, 1.807) is 0 Å². The minimum Gasteiger partial charge on any atom is -0.284 e. The Morgan fingerprint density at radius 3 is 2.86 bits per heavy atom. The SMILES string of the molecule is O=S(=O)(NCCCCBr)c1cn[nH]c1. The Hall–Kier alpha value is -0.400. The Morgan fingerprint density at radius 1 is 1.50 bits per heavy atom. The summed E-state index contributed by atoms with van der Waals surface area (Å²) in [6.07, 6.45) is 4.41. The predicted octanol–water partition coefficient (Wildman–Crippen LogP) is 0.863. The first-order valence-electron chi connectivity index (χ1n) is 4.21. The lowest BCUT2D eigenvalue weighted by Gasteiger charge is -2.02. The fraction of sp³-hybridized carbons (Fsp3) is 0.571. The van der Waals surface area contributed by atoms with Gasteiger partial charge in [0.1, 0.15) is 4.90 Å². The average Bonchev–Trinajstić information content (AvgIpc) is 2.65. The molecule has 0 fully saturated rings. The van der Waals surface area contributed by atoms with E-state index in [4.69, 9.17) is 0 Å². The van der Waals surface area contributed by atoms with Gasteiger partial charge in [-0.1, -0.05) is 15.9 Å². The molecule has 7 heteroatoms. The van der Waals surface area contributed by atoms with Gasteiger partial charge in [-0.3, -0.25) is 5.10 Å². The highest BCUT2D eigenvalue weighted by molar-refractivity contribution is 9.09. The molecule has 0 saturated carbocycles. The van der Waals surface area contributed by atoms with Gasteiger partial charge in [-0.15, -0.1) is 0 Å². The van der Waals surface area contributed by atoms with Crippen molar-refractivity contribution in [1.82, 2.24) is 14.9 Å². The fourth-order valence-corrected chi connectivity index (χ4v) is 2.27. The van der Waals surface area contributed by atoms with E-state index in [0.717, 1.165) is 18.2 Å². The van der Waals surface area contributed by atoms with Crippen molar-refractivity contribution >= 4 is 26.0 Å². The normalized spacial score (nSPS) is 11.8. The first kappa shape index (κ1) is 11.7. The van der Waals surface area contributed by atoms with Crippen molar-refractivity contribution in [3.63, 3.8) is 0 Å². The molecule has 1 rings (SSSR count). The van der Waals surface area contributed by atoms with E-state index in [1.807, 2.05) is 0 Å². The van der Waals surface area contributed by atoms with Crippen molar-refractivity contribution in [2.75, 3.05) is 11.9 Å². The van der Waals surface area contributed by atoms with Crippen LogP contribution < -0.4 is 4.72 Å². The van der Waals surface area contributed by atoms with Crippen LogP contribution in [0.5, 0.6) is 0 Å². The van der Waals surface area contributed by atoms with E-state index in [9.17, 15) is 8.42 Å².